The molecular weight excluding hydrogens is 214 g/mol. The van der Waals surface area contributed by atoms with Crippen LogP contribution in [0.5, 0.6) is 5.75 Å². The number of rotatable bonds is 4. The Hall–Kier alpha value is -1.06. The Morgan fingerprint density at radius 2 is 2.12 bits per heavy atom. The third-order valence-electron chi connectivity index (χ3n) is 3.10. The van der Waals surface area contributed by atoms with E-state index < -0.39 is 0 Å². The summed E-state index contributed by atoms with van der Waals surface area (Å²) in [6.45, 7) is 3.52. The van der Waals surface area contributed by atoms with Gasteiger partial charge in [0.2, 0.25) is 0 Å². The summed E-state index contributed by atoms with van der Waals surface area (Å²) in [5, 5.41) is 0. The van der Waals surface area contributed by atoms with Gasteiger partial charge in [0, 0.05) is 12.6 Å². The summed E-state index contributed by atoms with van der Waals surface area (Å²) >= 11 is 0. The van der Waals surface area contributed by atoms with Crippen LogP contribution in [0.25, 0.3) is 0 Å². The Bertz CT molecular complexity index is 337. The van der Waals surface area contributed by atoms with Crippen LogP contribution in [0, 0.1) is 0 Å². The molecule has 1 heterocycles. The second-order valence-corrected chi connectivity index (χ2v) is 4.58. The molecule has 2 unspecified atom stereocenters. The number of hydrogen-bond acceptors (Lipinski definition) is 3. The van der Waals surface area contributed by atoms with E-state index in [1.165, 1.54) is 12.0 Å². The maximum Gasteiger partial charge on any atom is 0.137 e. The normalized spacial score (nSPS) is 24.6. The Morgan fingerprint density at radius 3 is 2.76 bits per heavy atom. The van der Waals surface area contributed by atoms with E-state index in [-0.39, 0.29) is 12.1 Å². The van der Waals surface area contributed by atoms with Gasteiger partial charge < -0.3 is 15.2 Å². The van der Waals surface area contributed by atoms with Gasteiger partial charge in [-0.1, -0.05) is 25.5 Å². The lowest BCUT2D eigenvalue weighted by Crippen LogP contribution is -2.46. The fourth-order valence-corrected chi connectivity index (χ4v) is 2.05. The van der Waals surface area contributed by atoms with E-state index in [9.17, 15) is 0 Å². The molecule has 0 spiro atoms. The van der Waals surface area contributed by atoms with E-state index in [0.29, 0.717) is 6.61 Å². The summed E-state index contributed by atoms with van der Waals surface area (Å²) in [7, 11) is 0. The Kier molecular flexibility index (Phi) is 4.40. The van der Waals surface area contributed by atoms with E-state index in [0.717, 1.165) is 25.2 Å². The zero-order valence-corrected chi connectivity index (χ0v) is 10.4. The molecule has 0 aromatic heterocycles. The van der Waals surface area contributed by atoms with Crippen LogP contribution in [0.2, 0.25) is 0 Å². The van der Waals surface area contributed by atoms with Gasteiger partial charge in [0.05, 0.1) is 6.61 Å². The molecule has 0 aliphatic carbocycles. The maximum absolute atomic E-state index is 6.00. The van der Waals surface area contributed by atoms with Gasteiger partial charge in [0.25, 0.3) is 0 Å². The van der Waals surface area contributed by atoms with Gasteiger partial charge in [-0.15, -0.1) is 0 Å². The predicted molar refractivity (Wildman–Crippen MR) is 68.3 cm³/mol. The van der Waals surface area contributed by atoms with Crippen LogP contribution in [0.15, 0.2) is 24.3 Å². The molecule has 0 bridgehead atoms. The minimum absolute atomic E-state index is 0.0132. The van der Waals surface area contributed by atoms with Gasteiger partial charge >= 0.3 is 0 Å². The summed E-state index contributed by atoms with van der Waals surface area (Å²) in [5.41, 5.74) is 7.35. The van der Waals surface area contributed by atoms with Gasteiger partial charge in [-0.05, 0) is 30.5 Å². The number of benzene rings is 1. The van der Waals surface area contributed by atoms with Crippen molar-refractivity contribution >= 4 is 0 Å². The molecule has 3 heteroatoms. The topological polar surface area (TPSA) is 44.5 Å². The fraction of sp³-hybridized carbons (Fsp3) is 0.571. The van der Waals surface area contributed by atoms with Crippen molar-refractivity contribution in [3.63, 3.8) is 0 Å². The smallest absolute Gasteiger partial charge is 0.137 e. The van der Waals surface area contributed by atoms with Crippen molar-refractivity contribution in [2.45, 2.75) is 38.3 Å². The van der Waals surface area contributed by atoms with Gasteiger partial charge in [-0.3, -0.25) is 0 Å². The van der Waals surface area contributed by atoms with Gasteiger partial charge in [0.1, 0.15) is 11.9 Å². The molecule has 94 valence electrons. The largest absolute Gasteiger partial charge is 0.486 e. The van der Waals surface area contributed by atoms with Crippen LogP contribution in [0.4, 0.5) is 0 Å². The van der Waals surface area contributed by atoms with E-state index >= 15 is 0 Å². The molecule has 2 N–H and O–H groups in total. The Balaban J connectivity index is 1.93. The Labute approximate surface area is 103 Å². The van der Waals surface area contributed by atoms with Crippen LogP contribution in [-0.2, 0) is 11.2 Å². The highest BCUT2D eigenvalue weighted by Gasteiger charge is 2.23. The molecule has 3 nitrogen and oxygen atoms in total. The first kappa shape index (κ1) is 12.4. The third-order valence-corrected chi connectivity index (χ3v) is 3.10. The summed E-state index contributed by atoms with van der Waals surface area (Å²) in [6, 6.07) is 8.36. The van der Waals surface area contributed by atoms with Crippen LogP contribution >= 0.6 is 0 Å². The standard InChI is InChI=1S/C14H21NO2/c1-2-3-11-4-6-12(7-5-11)17-14-10-16-9-8-13(14)15/h4-7,13-14H,2-3,8-10,15H2,1H3. The summed E-state index contributed by atoms with van der Waals surface area (Å²) < 4.78 is 11.2. The zero-order chi connectivity index (χ0) is 12.1. The molecule has 1 saturated heterocycles. The van der Waals surface area contributed by atoms with E-state index in [2.05, 4.69) is 19.1 Å². The molecule has 0 amide bonds. The fourth-order valence-electron chi connectivity index (χ4n) is 2.05. The van der Waals surface area contributed by atoms with E-state index in [4.69, 9.17) is 15.2 Å². The molecule has 2 rings (SSSR count). The first-order valence-corrected chi connectivity index (χ1v) is 6.38. The highest BCUT2D eigenvalue weighted by molar-refractivity contribution is 5.27. The predicted octanol–water partition coefficient (Wildman–Crippen LogP) is 2.13. The van der Waals surface area contributed by atoms with Crippen molar-refractivity contribution in [1.29, 1.82) is 0 Å². The molecule has 1 fully saturated rings. The van der Waals surface area contributed by atoms with Crippen LogP contribution in [0.3, 0.4) is 0 Å². The molecular formula is C14H21NO2. The average molecular weight is 235 g/mol. The lowest BCUT2D eigenvalue weighted by Gasteiger charge is -2.29. The molecule has 1 aromatic carbocycles. The van der Waals surface area contributed by atoms with Crippen molar-refractivity contribution in [2.24, 2.45) is 5.73 Å². The summed E-state index contributed by atoms with van der Waals surface area (Å²) in [5.74, 6) is 0.885. The lowest BCUT2D eigenvalue weighted by molar-refractivity contribution is -0.00532. The van der Waals surface area contributed by atoms with Crippen LogP contribution < -0.4 is 10.5 Å². The molecule has 17 heavy (non-hydrogen) atoms. The zero-order valence-electron chi connectivity index (χ0n) is 10.4. The number of ether oxygens (including phenoxy) is 2. The molecule has 0 saturated carbocycles. The van der Waals surface area contributed by atoms with Gasteiger partial charge in [-0.25, -0.2) is 0 Å². The van der Waals surface area contributed by atoms with E-state index in [1.54, 1.807) is 0 Å². The van der Waals surface area contributed by atoms with Gasteiger partial charge in [-0.2, -0.15) is 0 Å². The van der Waals surface area contributed by atoms with E-state index in [1.807, 2.05) is 12.1 Å². The number of aryl methyl sites for hydroxylation is 1. The first-order chi connectivity index (χ1) is 8.29. The summed E-state index contributed by atoms with van der Waals surface area (Å²) in [6.07, 6.45) is 3.15. The van der Waals surface area contributed by atoms with Crippen LogP contribution in [0.1, 0.15) is 25.3 Å². The van der Waals surface area contributed by atoms with Crippen molar-refractivity contribution in [3.05, 3.63) is 29.8 Å². The van der Waals surface area contributed by atoms with Gasteiger partial charge in [0.15, 0.2) is 0 Å². The lowest BCUT2D eigenvalue weighted by atomic mass is 10.1. The minimum Gasteiger partial charge on any atom is -0.486 e. The number of nitrogens with two attached hydrogens (primary N) is 1. The first-order valence-electron chi connectivity index (χ1n) is 6.38. The SMILES string of the molecule is CCCc1ccc(OC2COCCC2N)cc1. The molecule has 0 radical (unpaired) electrons. The highest BCUT2D eigenvalue weighted by Crippen LogP contribution is 2.18. The molecule has 1 aromatic rings. The highest BCUT2D eigenvalue weighted by atomic mass is 16.5. The third kappa shape index (κ3) is 3.45. The minimum atomic E-state index is -0.0132. The molecule has 1 aliphatic heterocycles. The Morgan fingerprint density at radius 1 is 1.35 bits per heavy atom. The second kappa shape index (κ2) is 6.03. The molecule has 2 atom stereocenters. The van der Waals surface area contributed by atoms with Crippen molar-refractivity contribution in [1.82, 2.24) is 0 Å². The average Bonchev–Trinajstić information content (AvgIpc) is 2.35. The maximum atomic E-state index is 6.00. The monoisotopic (exact) mass is 235 g/mol. The van der Waals surface area contributed by atoms with Crippen LogP contribution in [-0.4, -0.2) is 25.4 Å². The second-order valence-electron chi connectivity index (χ2n) is 4.58. The quantitative estimate of drug-likeness (QED) is 0.869. The van der Waals surface area contributed by atoms with Crippen molar-refractivity contribution in [3.8, 4) is 5.75 Å². The van der Waals surface area contributed by atoms with Crippen molar-refractivity contribution < 1.29 is 9.47 Å². The summed E-state index contributed by atoms with van der Waals surface area (Å²) in [4.78, 5) is 0. The van der Waals surface area contributed by atoms with Crippen molar-refractivity contribution in [2.75, 3.05) is 13.2 Å². The number of hydrogen-bond donors (Lipinski definition) is 1. The molecule has 1 aliphatic rings.